The fraction of sp³-hybridized carbons (Fsp3) is 0.120. The number of hydrogen-bond acceptors (Lipinski definition) is 7. The number of carbonyl (C=O) groups excluding carboxylic acids is 2. The molecule has 1 unspecified atom stereocenters. The van der Waals surface area contributed by atoms with Crippen molar-refractivity contribution in [2.45, 2.75) is 10.9 Å². The molecule has 0 bridgehead atoms. The van der Waals surface area contributed by atoms with Crippen LogP contribution in [-0.4, -0.2) is 38.4 Å². The molecule has 35 heavy (non-hydrogen) atoms. The Balaban J connectivity index is 1.66. The average molecular weight is 493 g/mol. The minimum absolute atomic E-state index is 0.103. The predicted octanol–water partition coefficient (Wildman–Crippen LogP) is 2.73. The quantitative estimate of drug-likeness (QED) is 0.325. The number of hydrogen-bond donors (Lipinski definition) is 2. The van der Waals surface area contributed by atoms with E-state index in [9.17, 15) is 23.1 Å². The lowest BCUT2D eigenvalue weighted by Gasteiger charge is -2.25. The van der Waals surface area contributed by atoms with E-state index in [1.165, 1.54) is 29.2 Å². The number of primary sulfonamides is 1. The van der Waals surface area contributed by atoms with Crippen molar-refractivity contribution in [1.82, 2.24) is 0 Å². The highest BCUT2D eigenvalue weighted by atomic mass is 32.2. The van der Waals surface area contributed by atoms with Gasteiger partial charge in [-0.15, -0.1) is 0 Å². The minimum atomic E-state index is -3.94. The largest absolute Gasteiger partial charge is 0.507 e. The molecule has 10 heteroatoms. The Morgan fingerprint density at radius 3 is 2.23 bits per heavy atom. The molecule has 3 N–H and O–H groups in total. The molecule has 9 nitrogen and oxygen atoms in total. The van der Waals surface area contributed by atoms with Crippen molar-refractivity contribution in [3.05, 3.63) is 89.5 Å². The van der Waals surface area contributed by atoms with Gasteiger partial charge in [0.2, 0.25) is 10.0 Å². The number of nitrogens with zero attached hydrogens (tertiary/aromatic N) is 1. The summed E-state index contributed by atoms with van der Waals surface area (Å²) in [6.45, 7) is 0.752. The maximum Gasteiger partial charge on any atom is 0.300 e. The van der Waals surface area contributed by atoms with Crippen LogP contribution in [0.25, 0.3) is 5.76 Å². The van der Waals surface area contributed by atoms with E-state index in [-0.39, 0.29) is 27.5 Å². The molecule has 0 aromatic heterocycles. The number of Topliss-reactive ketones (excluding diaryl/α,β-unsaturated/α-hetero) is 1. The summed E-state index contributed by atoms with van der Waals surface area (Å²) in [5.41, 5.74) is 1.04. The Bertz CT molecular complexity index is 1470. The molecule has 1 saturated heterocycles. The van der Waals surface area contributed by atoms with Crippen molar-refractivity contribution >= 4 is 33.2 Å². The summed E-state index contributed by atoms with van der Waals surface area (Å²) in [7, 11) is -3.94. The molecule has 178 valence electrons. The van der Waals surface area contributed by atoms with Gasteiger partial charge in [-0.05, 0) is 48.0 Å². The summed E-state index contributed by atoms with van der Waals surface area (Å²) < 4.78 is 34.4. The Morgan fingerprint density at radius 1 is 0.914 bits per heavy atom. The number of benzene rings is 3. The maximum absolute atomic E-state index is 13.2. The lowest BCUT2D eigenvalue weighted by atomic mass is 9.95. The number of nitrogens with two attached hydrogens (primary N) is 1. The fourth-order valence-corrected chi connectivity index (χ4v) is 4.71. The van der Waals surface area contributed by atoms with Crippen LogP contribution in [0.2, 0.25) is 0 Å². The SMILES string of the molecule is NS(=O)(=O)c1ccc(N2C(=O)C(=O)/C(=C(\O)c3ccc4c(c3)OCCO4)C2c2ccccc2)cc1. The number of ketones is 1. The highest BCUT2D eigenvalue weighted by Gasteiger charge is 2.47. The van der Waals surface area contributed by atoms with E-state index in [0.717, 1.165) is 0 Å². The van der Waals surface area contributed by atoms with Crippen LogP contribution in [0.15, 0.2) is 83.3 Å². The van der Waals surface area contributed by atoms with Gasteiger partial charge < -0.3 is 14.6 Å². The number of rotatable bonds is 4. The van der Waals surface area contributed by atoms with Gasteiger partial charge in [0.25, 0.3) is 11.7 Å². The Labute approximate surface area is 201 Å². The Morgan fingerprint density at radius 2 is 1.57 bits per heavy atom. The van der Waals surface area contributed by atoms with Crippen molar-refractivity contribution in [2.75, 3.05) is 18.1 Å². The van der Waals surface area contributed by atoms with E-state index in [1.54, 1.807) is 48.5 Å². The fourth-order valence-electron chi connectivity index (χ4n) is 4.19. The number of aliphatic hydroxyl groups is 1. The van der Waals surface area contributed by atoms with Crippen molar-refractivity contribution in [2.24, 2.45) is 5.14 Å². The van der Waals surface area contributed by atoms with E-state index in [2.05, 4.69) is 0 Å². The smallest absolute Gasteiger partial charge is 0.300 e. The van der Waals surface area contributed by atoms with Crippen molar-refractivity contribution in [3.63, 3.8) is 0 Å². The van der Waals surface area contributed by atoms with E-state index < -0.39 is 27.8 Å². The van der Waals surface area contributed by atoms with Crippen LogP contribution in [-0.2, 0) is 19.6 Å². The topological polar surface area (TPSA) is 136 Å². The molecule has 1 fully saturated rings. The molecule has 2 aliphatic heterocycles. The van der Waals surface area contributed by atoms with Crippen LogP contribution in [0, 0.1) is 0 Å². The summed E-state index contributed by atoms with van der Waals surface area (Å²) in [6.07, 6.45) is 0. The van der Waals surface area contributed by atoms with Crippen molar-refractivity contribution < 1.29 is 32.6 Å². The van der Waals surface area contributed by atoms with Gasteiger partial charge >= 0.3 is 0 Å². The van der Waals surface area contributed by atoms with Crippen LogP contribution >= 0.6 is 0 Å². The number of carbonyl (C=O) groups is 2. The van der Waals surface area contributed by atoms with Crippen molar-refractivity contribution in [3.8, 4) is 11.5 Å². The second kappa shape index (κ2) is 8.57. The molecule has 3 aromatic rings. The monoisotopic (exact) mass is 492 g/mol. The van der Waals surface area contributed by atoms with E-state index in [0.29, 0.717) is 30.3 Å². The number of anilines is 1. The number of fused-ring (bicyclic) bond motifs is 1. The molecule has 1 amide bonds. The first-order chi connectivity index (χ1) is 16.8. The molecular formula is C25H20N2O7S. The highest BCUT2D eigenvalue weighted by Crippen LogP contribution is 2.43. The van der Waals surface area contributed by atoms with Crippen LogP contribution in [0.4, 0.5) is 5.69 Å². The molecule has 3 aromatic carbocycles. The summed E-state index contributed by atoms with van der Waals surface area (Å²) in [5, 5.41) is 16.4. The second-order valence-corrected chi connectivity index (χ2v) is 9.54. The third-order valence-electron chi connectivity index (χ3n) is 5.82. The number of amides is 1. The first-order valence-electron chi connectivity index (χ1n) is 10.6. The Kier molecular flexibility index (Phi) is 5.54. The normalized spacial score (nSPS) is 19.1. The minimum Gasteiger partial charge on any atom is -0.507 e. The summed E-state index contributed by atoms with van der Waals surface area (Å²) in [6, 6.07) is 17.9. The first kappa shape index (κ1) is 22.6. The lowest BCUT2D eigenvalue weighted by Crippen LogP contribution is -2.29. The molecule has 0 radical (unpaired) electrons. The predicted molar refractivity (Wildman–Crippen MR) is 126 cm³/mol. The zero-order chi connectivity index (χ0) is 24.7. The zero-order valence-electron chi connectivity index (χ0n) is 18.2. The molecular weight excluding hydrogens is 472 g/mol. The molecule has 2 heterocycles. The van der Waals surface area contributed by atoms with Crippen LogP contribution in [0.1, 0.15) is 17.2 Å². The van der Waals surface area contributed by atoms with Gasteiger partial charge in [-0.1, -0.05) is 30.3 Å². The van der Waals surface area contributed by atoms with Crippen LogP contribution in [0.3, 0.4) is 0 Å². The lowest BCUT2D eigenvalue weighted by molar-refractivity contribution is -0.132. The van der Waals surface area contributed by atoms with Gasteiger partial charge in [0.05, 0.1) is 16.5 Å². The molecule has 0 spiro atoms. The Hall–Kier alpha value is -4.15. The average Bonchev–Trinajstić information content (AvgIpc) is 3.13. The van der Waals surface area contributed by atoms with Crippen molar-refractivity contribution in [1.29, 1.82) is 0 Å². The van der Waals surface area contributed by atoms with E-state index in [1.807, 2.05) is 0 Å². The summed E-state index contributed by atoms with van der Waals surface area (Å²) in [4.78, 5) is 27.5. The maximum atomic E-state index is 13.2. The van der Waals surface area contributed by atoms with Gasteiger partial charge in [0, 0.05) is 11.3 Å². The summed E-state index contributed by atoms with van der Waals surface area (Å²) >= 11 is 0. The van der Waals surface area contributed by atoms with Gasteiger partial charge in [-0.25, -0.2) is 13.6 Å². The highest BCUT2D eigenvalue weighted by molar-refractivity contribution is 7.89. The number of sulfonamides is 1. The number of ether oxygens (including phenoxy) is 2. The molecule has 5 rings (SSSR count). The van der Waals surface area contributed by atoms with E-state index in [4.69, 9.17) is 14.6 Å². The second-order valence-electron chi connectivity index (χ2n) is 7.98. The van der Waals surface area contributed by atoms with E-state index >= 15 is 0 Å². The van der Waals surface area contributed by atoms with Gasteiger partial charge in [-0.3, -0.25) is 14.5 Å². The third kappa shape index (κ3) is 4.02. The molecule has 0 aliphatic carbocycles. The third-order valence-corrected chi connectivity index (χ3v) is 6.75. The molecule has 1 atom stereocenters. The zero-order valence-corrected chi connectivity index (χ0v) is 19.1. The first-order valence-corrected chi connectivity index (χ1v) is 12.2. The summed E-state index contributed by atoms with van der Waals surface area (Å²) in [5.74, 6) is -1.16. The van der Waals surface area contributed by atoms with Gasteiger partial charge in [-0.2, -0.15) is 0 Å². The standard InChI is InChI=1S/C25H20N2O7S/c26-35(31,32)18-9-7-17(8-10-18)27-22(15-4-2-1-3-5-15)21(24(29)25(27)30)23(28)16-6-11-19-20(14-16)34-13-12-33-19/h1-11,14,22,28H,12-13H2,(H2,26,31,32)/b23-21-. The van der Waals surface area contributed by atoms with Gasteiger partial charge in [0.1, 0.15) is 19.0 Å². The van der Waals surface area contributed by atoms with Crippen LogP contribution in [0.5, 0.6) is 11.5 Å². The van der Waals surface area contributed by atoms with Crippen LogP contribution < -0.4 is 19.5 Å². The molecule has 0 saturated carbocycles. The van der Waals surface area contributed by atoms with Gasteiger partial charge in [0.15, 0.2) is 11.5 Å². The number of aliphatic hydroxyl groups excluding tert-OH is 1. The molecule has 2 aliphatic rings.